The molecule has 0 saturated carbocycles. The van der Waals surface area contributed by atoms with Crippen LogP contribution in [0, 0.1) is 0 Å². The van der Waals surface area contributed by atoms with E-state index in [0.29, 0.717) is 19.3 Å². The minimum atomic E-state index is -4.93. The normalized spacial score (nSPS) is 15.1. The van der Waals surface area contributed by atoms with Gasteiger partial charge >= 0.3 is 33.6 Å². The molecule has 0 spiro atoms. The van der Waals surface area contributed by atoms with E-state index in [9.17, 15) is 43.5 Å². The lowest BCUT2D eigenvalue weighted by atomic mass is 10.1. The molecule has 16 nitrogen and oxygen atoms in total. The van der Waals surface area contributed by atoms with Crippen molar-refractivity contribution in [1.82, 2.24) is 0 Å². The maximum absolute atomic E-state index is 12.9. The first-order valence-electron chi connectivity index (χ1n) is 32.8. The van der Waals surface area contributed by atoms with Gasteiger partial charge in [-0.3, -0.25) is 32.5 Å². The van der Waals surface area contributed by atoms with Crippen molar-refractivity contribution in [3.8, 4) is 0 Å². The summed E-state index contributed by atoms with van der Waals surface area (Å²) in [6.07, 6.45) is 69.7. The Bertz CT molecular complexity index is 2070. The third-order valence-electron chi connectivity index (χ3n) is 13.2. The van der Waals surface area contributed by atoms with Crippen LogP contribution in [-0.2, 0) is 55.8 Å². The Morgan fingerprint density at radius 3 is 1.00 bits per heavy atom. The minimum absolute atomic E-state index is 0.0873. The maximum Gasteiger partial charge on any atom is 0.472 e. The zero-order chi connectivity index (χ0) is 63.8. The lowest BCUT2D eigenvalue weighted by Gasteiger charge is -2.21. The SMILES string of the molecule is CC/C=C\C/C=C\C/C=C\C/C=C\C/C=C\C/C=C\CCCCC(=O)OCC(O)COP(=O)(O)OCC(O)COP(=O)(O)OCC(COC(=O)CCCCCCC/C=C\C/C=C\C/C=C\CC)OC(=O)CCCCCCC/C=C\CCCCCCCC. The van der Waals surface area contributed by atoms with Gasteiger partial charge in [0.2, 0.25) is 0 Å². The Hall–Kier alpha value is -4.05. The molecule has 5 unspecified atom stereocenters. The molecule has 87 heavy (non-hydrogen) atoms. The first kappa shape index (κ1) is 83.0. The summed E-state index contributed by atoms with van der Waals surface area (Å²) >= 11 is 0. The third kappa shape index (κ3) is 63.3. The van der Waals surface area contributed by atoms with Gasteiger partial charge in [0.25, 0.3) is 0 Å². The van der Waals surface area contributed by atoms with Crippen LogP contribution in [0.3, 0.4) is 0 Å². The van der Waals surface area contributed by atoms with E-state index in [1.54, 1.807) is 0 Å². The standard InChI is InChI=1S/C69H116O16P2/c1-4-7-10-13-16-19-22-25-28-29-30-31-32-33-36-38-40-43-46-49-52-55-67(72)79-58-64(70)59-81-86(75,76)82-60-65(71)61-83-87(77,78)84-63-66(85-69(74)57-54-51-48-45-42-39-35-27-24-21-18-15-12-9-6-3)62-80-68(73)56-53-50-47-44-41-37-34-26-23-20-17-14-11-8-5-2/h7-8,10-11,16-17,19-20,25-28,30-31,33-36,40,43,64-66,70-71H,4-6,9,12-15,18,21-24,29,32,37-39,41-42,44-63H2,1-3H3,(H,75,76)(H,77,78)/b10-7-,11-8-,19-16-,20-17-,28-25-,31-30-,34-26-,35-27-,36-33-,43-40-. The average molecular weight is 1260 g/mol. The molecule has 0 aromatic rings. The van der Waals surface area contributed by atoms with Crippen molar-refractivity contribution < 1.29 is 75.8 Å². The molecule has 0 heterocycles. The number of hydrogen-bond donors (Lipinski definition) is 4. The molecule has 0 aliphatic carbocycles. The van der Waals surface area contributed by atoms with E-state index in [1.165, 1.54) is 38.5 Å². The highest BCUT2D eigenvalue weighted by atomic mass is 31.2. The molecule has 5 atom stereocenters. The highest BCUT2D eigenvalue weighted by Gasteiger charge is 2.29. The van der Waals surface area contributed by atoms with Gasteiger partial charge in [-0.05, 0) is 128 Å². The summed E-state index contributed by atoms with van der Waals surface area (Å²) < 4.78 is 60.7. The molecule has 498 valence electrons. The highest BCUT2D eigenvalue weighted by molar-refractivity contribution is 7.47. The first-order valence-corrected chi connectivity index (χ1v) is 35.8. The lowest BCUT2D eigenvalue weighted by molar-refractivity contribution is -0.161. The number of unbranched alkanes of at least 4 members (excludes halogenated alkanes) is 18. The second-order valence-corrected chi connectivity index (χ2v) is 24.4. The van der Waals surface area contributed by atoms with Gasteiger partial charge in [-0.2, -0.15) is 0 Å². The molecule has 0 aromatic heterocycles. The second kappa shape index (κ2) is 62.2. The van der Waals surface area contributed by atoms with Crippen LogP contribution in [0.15, 0.2) is 122 Å². The number of esters is 3. The van der Waals surface area contributed by atoms with Gasteiger partial charge in [0.15, 0.2) is 6.10 Å². The number of carbonyl (C=O) groups is 3. The van der Waals surface area contributed by atoms with Gasteiger partial charge in [0, 0.05) is 19.3 Å². The molecular formula is C69H116O16P2. The van der Waals surface area contributed by atoms with Crippen molar-refractivity contribution in [2.75, 3.05) is 39.6 Å². The van der Waals surface area contributed by atoms with Crippen molar-refractivity contribution in [3.63, 3.8) is 0 Å². The fraction of sp³-hybridized carbons (Fsp3) is 0.667. The van der Waals surface area contributed by atoms with E-state index in [1.807, 2.05) is 0 Å². The number of aliphatic hydroxyl groups excluding tert-OH is 2. The predicted octanol–water partition coefficient (Wildman–Crippen LogP) is 17.9. The smallest absolute Gasteiger partial charge is 0.463 e. The van der Waals surface area contributed by atoms with Gasteiger partial charge in [-0.15, -0.1) is 0 Å². The number of phosphoric ester groups is 2. The molecule has 4 N–H and O–H groups in total. The molecule has 0 radical (unpaired) electrons. The van der Waals surface area contributed by atoms with Crippen molar-refractivity contribution >= 4 is 33.6 Å². The zero-order valence-corrected chi connectivity index (χ0v) is 55.4. The second-order valence-electron chi connectivity index (χ2n) is 21.5. The Morgan fingerprint density at radius 2 is 0.609 bits per heavy atom. The topological polar surface area (TPSA) is 231 Å². The number of ether oxygens (including phenoxy) is 3. The highest BCUT2D eigenvalue weighted by Crippen LogP contribution is 2.45. The molecule has 0 aliphatic rings. The van der Waals surface area contributed by atoms with E-state index in [2.05, 4.69) is 142 Å². The van der Waals surface area contributed by atoms with Crippen LogP contribution < -0.4 is 0 Å². The summed E-state index contributed by atoms with van der Waals surface area (Å²) in [6.45, 7) is 2.33. The van der Waals surface area contributed by atoms with E-state index in [0.717, 1.165) is 141 Å². The molecule has 0 fully saturated rings. The summed E-state index contributed by atoms with van der Waals surface area (Å²) in [5, 5.41) is 20.5. The van der Waals surface area contributed by atoms with Gasteiger partial charge in [-0.1, -0.05) is 213 Å². The molecule has 0 rings (SSSR count). The number of aliphatic hydroxyl groups is 2. The van der Waals surface area contributed by atoms with Crippen LogP contribution in [0.2, 0.25) is 0 Å². The predicted molar refractivity (Wildman–Crippen MR) is 353 cm³/mol. The number of allylic oxidation sites excluding steroid dienone is 20. The fourth-order valence-corrected chi connectivity index (χ4v) is 9.75. The molecule has 0 bridgehead atoms. The molecule has 18 heteroatoms. The Labute approximate surface area is 525 Å². The molecule has 0 amide bonds. The van der Waals surface area contributed by atoms with Crippen LogP contribution in [0.25, 0.3) is 0 Å². The molecule has 0 aromatic carbocycles. The Balaban J connectivity index is 4.71. The van der Waals surface area contributed by atoms with Crippen molar-refractivity contribution in [1.29, 1.82) is 0 Å². The van der Waals surface area contributed by atoms with Gasteiger partial charge < -0.3 is 34.2 Å². The zero-order valence-electron chi connectivity index (χ0n) is 53.6. The van der Waals surface area contributed by atoms with Gasteiger partial charge in [-0.25, -0.2) is 9.13 Å². The Morgan fingerprint density at radius 1 is 0.333 bits per heavy atom. The van der Waals surface area contributed by atoms with E-state index in [4.69, 9.17) is 32.3 Å². The van der Waals surface area contributed by atoms with Crippen LogP contribution in [0.4, 0.5) is 0 Å². The van der Waals surface area contributed by atoms with Crippen LogP contribution >= 0.6 is 15.6 Å². The van der Waals surface area contributed by atoms with Crippen molar-refractivity contribution in [2.45, 2.75) is 257 Å². The Kier molecular flexibility index (Phi) is 59.3. The third-order valence-corrected chi connectivity index (χ3v) is 15.1. The van der Waals surface area contributed by atoms with Crippen molar-refractivity contribution in [2.24, 2.45) is 0 Å². The van der Waals surface area contributed by atoms with Crippen LogP contribution in [0.1, 0.15) is 239 Å². The molecular weight excluding hydrogens is 1150 g/mol. The number of carbonyl (C=O) groups excluding carboxylic acids is 3. The summed E-state index contributed by atoms with van der Waals surface area (Å²) in [7, 11) is -9.80. The van der Waals surface area contributed by atoms with Gasteiger partial charge in [0.1, 0.15) is 25.4 Å². The summed E-state index contributed by atoms with van der Waals surface area (Å²) in [5.41, 5.74) is 0. The van der Waals surface area contributed by atoms with E-state index < -0.39 is 91.5 Å². The monoisotopic (exact) mass is 1260 g/mol. The van der Waals surface area contributed by atoms with Crippen molar-refractivity contribution in [3.05, 3.63) is 122 Å². The number of phosphoric acid groups is 2. The maximum atomic E-state index is 12.9. The molecule has 0 aliphatic heterocycles. The van der Waals surface area contributed by atoms with Crippen LogP contribution in [0.5, 0.6) is 0 Å². The first-order chi connectivity index (χ1) is 42.2. The quantitative estimate of drug-likeness (QED) is 0.0146. The minimum Gasteiger partial charge on any atom is -0.463 e. The lowest BCUT2D eigenvalue weighted by Crippen LogP contribution is -2.30. The summed E-state index contributed by atoms with van der Waals surface area (Å²) in [6, 6.07) is 0. The van der Waals surface area contributed by atoms with E-state index in [-0.39, 0.29) is 19.3 Å². The largest absolute Gasteiger partial charge is 0.472 e. The fourth-order valence-electron chi connectivity index (χ4n) is 8.17. The number of hydrogen-bond acceptors (Lipinski definition) is 14. The average Bonchev–Trinajstić information content (AvgIpc) is 3.68. The van der Waals surface area contributed by atoms with Crippen LogP contribution in [-0.4, -0.2) is 95.9 Å². The number of rotatable bonds is 61. The summed E-state index contributed by atoms with van der Waals surface area (Å²) in [4.78, 5) is 58.3. The summed E-state index contributed by atoms with van der Waals surface area (Å²) in [5.74, 6) is -1.65. The van der Waals surface area contributed by atoms with Gasteiger partial charge in [0.05, 0.1) is 26.4 Å². The van der Waals surface area contributed by atoms with E-state index >= 15 is 0 Å². The molecule has 0 saturated heterocycles.